The average Bonchev–Trinajstić information content (AvgIpc) is 3.24. The Balaban J connectivity index is 1.51. The molecule has 0 amide bonds. The van der Waals surface area contributed by atoms with E-state index in [0.717, 1.165) is 40.5 Å². The number of hydrogen-bond donors (Lipinski definition) is 0. The molecule has 3 heterocycles. The topological polar surface area (TPSA) is 52.8 Å². The second-order valence-electron chi connectivity index (χ2n) is 6.75. The first-order valence-electron chi connectivity index (χ1n) is 8.98. The van der Waals surface area contributed by atoms with Gasteiger partial charge in [0.2, 0.25) is 0 Å². The standard InChI is InChI=1S/C22H17FN4O/c1-13-16-6-4-7-17(23)21(16)26-19(24-13)10-9-15-12-27-11-14-5-3-8-18(28-2)20(14)22(27)25-15/h3-10,12H,11H2,1-2H3. The number of fused-ring (bicyclic) bond motifs is 4. The van der Waals surface area contributed by atoms with Gasteiger partial charge in [-0.1, -0.05) is 24.3 Å². The third-order valence-electron chi connectivity index (χ3n) is 4.98. The summed E-state index contributed by atoms with van der Waals surface area (Å²) in [6.45, 7) is 2.62. The number of hydrogen-bond acceptors (Lipinski definition) is 4. The number of para-hydroxylation sites is 1. The van der Waals surface area contributed by atoms with Gasteiger partial charge in [0.1, 0.15) is 22.9 Å². The maximum absolute atomic E-state index is 14.1. The van der Waals surface area contributed by atoms with Gasteiger partial charge in [-0.05, 0) is 36.8 Å². The van der Waals surface area contributed by atoms with Gasteiger partial charge < -0.3 is 9.30 Å². The lowest BCUT2D eigenvalue weighted by Gasteiger charge is -2.05. The van der Waals surface area contributed by atoms with Crippen LogP contribution in [0, 0.1) is 12.7 Å². The molecule has 1 aliphatic rings. The van der Waals surface area contributed by atoms with Crippen molar-refractivity contribution in [1.29, 1.82) is 0 Å². The average molecular weight is 372 g/mol. The second kappa shape index (κ2) is 6.27. The fourth-order valence-electron chi connectivity index (χ4n) is 3.68. The van der Waals surface area contributed by atoms with E-state index in [1.807, 2.05) is 37.4 Å². The predicted molar refractivity (Wildman–Crippen MR) is 106 cm³/mol. The molecule has 0 radical (unpaired) electrons. The molecule has 0 atom stereocenters. The zero-order valence-corrected chi connectivity index (χ0v) is 15.5. The molecular weight excluding hydrogens is 355 g/mol. The van der Waals surface area contributed by atoms with Crippen LogP contribution in [0.3, 0.4) is 0 Å². The smallest absolute Gasteiger partial charge is 0.153 e. The SMILES string of the molecule is COc1cccc2c1-c1nc(C=Cc3nc(C)c4cccc(F)c4n3)cn1C2. The Bertz CT molecular complexity index is 1260. The van der Waals surface area contributed by atoms with Crippen molar-refractivity contribution in [3.63, 3.8) is 0 Å². The molecule has 0 unspecified atom stereocenters. The molecule has 6 heteroatoms. The molecular formula is C22H17FN4O. The van der Waals surface area contributed by atoms with E-state index in [4.69, 9.17) is 9.72 Å². The van der Waals surface area contributed by atoms with Crippen LogP contribution in [-0.2, 0) is 6.54 Å². The van der Waals surface area contributed by atoms with E-state index in [-0.39, 0.29) is 5.82 Å². The van der Waals surface area contributed by atoms with Gasteiger partial charge in [0.25, 0.3) is 0 Å². The summed E-state index contributed by atoms with van der Waals surface area (Å²) in [5, 5.41) is 0.724. The molecule has 0 spiro atoms. The van der Waals surface area contributed by atoms with Crippen LogP contribution in [0.5, 0.6) is 5.75 Å². The molecule has 0 N–H and O–H groups in total. The zero-order chi connectivity index (χ0) is 19.3. The Labute approximate surface area is 161 Å². The minimum Gasteiger partial charge on any atom is -0.496 e. The minimum absolute atomic E-state index is 0.334. The van der Waals surface area contributed by atoms with Crippen molar-refractivity contribution in [2.75, 3.05) is 7.11 Å². The zero-order valence-electron chi connectivity index (χ0n) is 15.5. The van der Waals surface area contributed by atoms with Crippen LogP contribution in [-0.4, -0.2) is 26.6 Å². The minimum atomic E-state index is -0.345. The second-order valence-corrected chi connectivity index (χ2v) is 6.75. The maximum Gasteiger partial charge on any atom is 0.153 e. The van der Waals surface area contributed by atoms with Crippen LogP contribution in [0.4, 0.5) is 4.39 Å². The molecule has 28 heavy (non-hydrogen) atoms. The molecule has 2 aromatic carbocycles. The molecule has 0 saturated heterocycles. The Morgan fingerprint density at radius 1 is 1.07 bits per heavy atom. The summed E-state index contributed by atoms with van der Waals surface area (Å²) >= 11 is 0. The third-order valence-corrected chi connectivity index (χ3v) is 4.98. The van der Waals surface area contributed by atoms with Crippen LogP contribution in [0.25, 0.3) is 34.4 Å². The van der Waals surface area contributed by atoms with Crippen molar-refractivity contribution in [3.8, 4) is 17.1 Å². The van der Waals surface area contributed by atoms with Gasteiger partial charge in [-0.15, -0.1) is 0 Å². The normalized spacial score (nSPS) is 12.5. The number of aryl methyl sites for hydroxylation is 1. The molecule has 0 saturated carbocycles. The number of aromatic nitrogens is 4. The van der Waals surface area contributed by atoms with Gasteiger partial charge in [-0.3, -0.25) is 0 Å². The lowest BCUT2D eigenvalue weighted by atomic mass is 10.1. The number of benzene rings is 2. The van der Waals surface area contributed by atoms with Gasteiger partial charge in [0.05, 0.1) is 18.4 Å². The van der Waals surface area contributed by atoms with Crippen LogP contribution in [0.15, 0.2) is 42.6 Å². The van der Waals surface area contributed by atoms with Crippen LogP contribution in [0.2, 0.25) is 0 Å². The lowest BCUT2D eigenvalue weighted by molar-refractivity contribution is 0.416. The third kappa shape index (κ3) is 2.57. The van der Waals surface area contributed by atoms with E-state index in [0.29, 0.717) is 11.3 Å². The van der Waals surface area contributed by atoms with Crippen LogP contribution < -0.4 is 4.74 Å². The van der Waals surface area contributed by atoms with E-state index in [1.165, 1.54) is 11.6 Å². The highest BCUT2D eigenvalue weighted by Crippen LogP contribution is 2.38. The predicted octanol–water partition coefficient (Wildman–Crippen LogP) is 4.48. The number of methoxy groups -OCH3 is 1. The number of ether oxygens (including phenoxy) is 1. The summed E-state index contributed by atoms with van der Waals surface area (Å²) in [7, 11) is 1.67. The highest BCUT2D eigenvalue weighted by molar-refractivity contribution is 5.82. The lowest BCUT2D eigenvalue weighted by Crippen LogP contribution is -1.95. The summed E-state index contributed by atoms with van der Waals surface area (Å²) in [5.74, 6) is 1.82. The van der Waals surface area contributed by atoms with E-state index in [1.54, 1.807) is 19.3 Å². The van der Waals surface area contributed by atoms with E-state index in [2.05, 4.69) is 20.6 Å². The quantitative estimate of drug-likeness (QED) is 0.468. The Hall–Kier alpha value is -3.54. The largest absolute Gasteiger partial charge is 0.496 e. The number of halogens is 1. The molecule has 5 nitrogen and oxygen atoms in total. The summed E-state index contributed by atoms with van der Waals surface area (Å²) in [4.78, 5) is 13.5. The molecule has 0 aliphatic carbocycles. The van der Waals surface area contributed by atoms with Crippen molar-refractivity contribution >= 4 is 23.1 Å². The van der Waals surface area contributed by atoms with Crippen LogP contribution >= 0.6 is 0 Å². The highest BCUT2D eigenvalue weighted by atomic mass is 19.1. The van der Waals surface area contributed by atoms with E-state index >= 15 is 0 Å². The van der Waals surface area contributed by atoms with Crippen molar-refractivity contribution in [2.45, 2.75) is 13.5 Å². The van der Waals surface area contributed by atoms with Gasteiger partial charge >= 0.3 is 0 Å². The fraction of sp³-hybridized carbons (Fsp3) is 0.136. The molecule has 0 bridgehead atoms. The first-order chi connectivity index (χ1) is 13.6. The van der Waals surface area contributed by atoms with Gasteiger partial charge in [-0.25, -0.2) is 19.3 Å². The summed E-state index contributed by atoms with van der Waals surface area (Å²) in [6.07, 6.45) is 5.60. The van der Waals surface area contributed by atoms with Crippen molar-refractivity contribution < 1.29 is 9.13 Å². The molecule has 5 rings (SSSR count). The Morgan fingerprint density at radius 2 is 1.93 bits per heavy atom. The summed E-state index contributed by atoms with van der Waals surface area (Å²) in [6, 6.07) is 10.9. The summed E-state index contributed by atoms with van der Waals surface area (Å²) < 4.78 is 21.7. The van der Waals surface area contributed by atoms with Gasteiger partial charge in [0.15, 0.2) is 5.82 Å². The van der Waals surface area contributed by atoms with E-state index in [9.17, 15) is 4.39 Å². The molecule has 2 aromatic heterocycles. The fourth-order valence-corrected chi connectivity index (χ4v) is 3.68. The monoisotopic (exact) mass is 372 g/mol. The molecule has 138 valence electrons. The molecule has 1 aliphatic heterocycles. The number of rotatable bonds is 3. The number of imidazole rings is 1. The number of nitrogens with zero attached hydrogens (tertiary/aromatic N) is 4. The van der Waals surface area contributed by atoms with Crippen LogP contribution in [0.1, 0.15) is 22.8 Å². The first kappa shape index (κ1) is 16.6. The molecule has 0 fully saturated rings. The molecule has 4 aromatic rings. The van der Waals surface area contributed by atoms with Crippen molar-refractivity contribution in [3.05, 3.63) is 71.2 Å². The Kier molecular flexibility index (Phi) is 3.72. The van der Waals surface area contributed by atoms with Gasteiger partial charge in [0, 0.05) is 23.8 Å². The van der Waals surface area contributed by atoms with Gasteiger partial charge in [-0.2, -0.15) is 0 Å². The van der Waals surface area contributed by atoms with Crippen molar-refractivity contribution in [2.24, 2.45) is 0 Å². The van der Waals surface area contributed by atoms with Crippen molar-refractivity contribution in [1.82, 2.24) is 19.5 Å². The highest BCUT2D eigenvalue weighted by Gasteiger charge is 2.24. The Morgan fingerprint density at radius 3 is 2.79 bits per heavy atom. The van der Waals surface area contributed by atoms with E-state index < -0.39 is 0 Å². The summed E-state index contributed by atoms with van der Waals surface area (Å²) in [5.41, 5.74) is 4.10. The maximum atomic E-state index is 14.1. The first-order valence-corrected chi connectivity index (χ1v) is 8.98.